The molecule has 2 aromatic carbocycles. The van der Waals surface area contributed by atoms with Crippen molar-refractivity contribution in [3.8, 4) is 5.75 Å². The molecular formula is C28H26F3NO5. The molecule has 0 bridgehead atoms. The van der Waals surface area contributed by atoms with Gasteiger partial charge >= 0.3 is 6.18 Å². The number of rotatable bonds is 6. The normalized spacial score (nSPS) is 17.6. The third-order valence-corrected chi connectivity index (χ3v) is 6.30. The first kappa shape index (κ1) is 26.1. The molecule has 3 aromatic rings. The number of amides is 1. The average Bonchev–Trinajstić information content (AvgIpc) is 3.39. The fourth-order valence-corrected chi connectivity index (χ4v) is 4.47. The van der Waals surface area contributed by atoms with Gasteiger partial charge in [-0.1, -0.05) is 26.0 Å². The minimum absolute atomic E-state index is 0.0366. The summed E-state index contributed by atoms with van der Waals surface area (Å²) in [4.78, 5) is 27.5. The number of nitrogens with zero attached hydrogens (tertiary/aromatic N) is 1. The zero-order valence-corrected chi connectivity index (χ0v) is 20.7. The molecule has 0 spiro atoms. The molecule has 0 radical (unpaired) electrons. The van der Waals surface area contributed by atoms with Crippen LogP contribution in [0.25, 0.3) is 5.76 Å². The van der Waals surface area contributed by atoms with Gasteiger partial charge in [0.15, 0.2) is 0 Å². The first-order chi connectivity index (χ1) is 17.4. The highest BCUT2D eigenvalue weighted by atomic mass is 19.4. The van der Waals surface area contributed by atoms with Crippen LogP contribution in [0, 0.1) is 6.92 Å². The lowest BCUT2D eigenvalue weighted by Gasteiger charge is -2.24. The highest BCUT2D eigenvalue weighted by molar-refractivity contribution is 6.46. The summed E-state index contributed by atoms with van der Waals surface area (Å²) in [5, 5.41) is 11.3. The topological polar surface area (TPSA) is 80.0 Å². The lowest BCUT2D eigenvalue weighted by molar-refractivity contribution is -0.140. The number of hydrogen-bond acceptors (Lipinski definition) is 5. The Morgan fingerprint density at radius 2 is 1.84 bits per heavy atom. The second kappa shape index (κ2) is 9.80. The quantitative estimate of drug-likeness (QED) is 0.236. The van der Waals surface area contributed by atoms with Crippen molar-refractivity contribution >= 4 is 17.4 Å². The number of ketones is 1. The second-order valence-electron chi connectivity index (χ2n) is 9.18. The first-order valence-electron chi connectivity index (χ1n) is 11.6. The second-order valence-corrected chi connectivity index (χ2v) is 9.18. The number of methoxy groups -OCH3 is 1. The van der Waals surface area contributed by atoms with Crippen LogP contribution < -0.4 is 4.74 Å². The van der Waals surface area contributed by atoms with Gasteiger partial charge in [0.05, 0.1) is 18.2 Å². The number of Topliss-reactive ketones (excluding diaryl/α,β-unsaturated/α-hetero) is 1. The molecule has 9 heteroatoms. The van der Waals surface area contributed by atoms with Crippen LogP contribution in [-0.2, 0) is 22.3 Å². The number of alkyl halides is 3. The van der Waals surface area contributed by atoms with Crippen LogP contribution in [0.3, 0.4) is 0 Å². The van der Waals surface area contributed by atoms with Gasteiger partial charge in [0.25, 0.3) is 11.7 Å². The fraction of sp³-hybridized carbons (Fsp3) is 0.286. The van der Waals surface area contributed by atoms with E-state index in [2.05, 4.69) is 0 Å². The van der Waals surface area contributed by atoms with E-state index in [0.29, 0.717) is 17.1 Å². The van der Waals surface area contributed by atoms with E-state index in [1.165, 1.54) is 19.2 Å². The summed E-state index contributed by atoms with van der Waals surface area (Å²) in [6, 6.07) is 11.6. The van der Waals surface area contributed by atoms with Crippen molar-refractivity contribution in [2.75, 3.05) is 7.11 Å². The van der Waals surface area contributed by atoms with Gasteiger partial charge in [0, 0.05) is 12.1 Å². The Bertz CT molecular complexity index is 1390. The Labute approximate surface area is 212 Å². The zero-order valence-electron chi connectivity index (χ0n) is 20.7. The first-order valence-corrected chi connectivity index (χ1v) is 11.6. The molecule has 1 N–H and O–H groups in total. The van der Waals surface area contributed by atoms with Gasteiger partial charge in [0.1, 0.15) is 29.1 Å². The molecule has 2 heterocycles. The van der Waals surface area contributed by atoms with Crippen LogP contribution in [0.4, 0.5) is 13.2 Å². The molecule has 0 saturated carbocycles. The smallest absolute Gasteiger partial charge is 0.416 e. The summed E-state index contributed by atoms with van der Waals surface area (Å²) in [5.74, 6) is -0.951. The predicted octanol–water partition coefficient (Wildman–Crippen LogP) is 6.36. The minimum atomic E-state index is -4.57. The molecule has 6 nitrogen and oxygen atoms in total. The van der Waals surface area contributed by atoms with E-state index in [1.54, 1.807) is 37.3 Å². The molecule has 37 heavy (non-hydrogen) atoms. The number of aliphatic hydroxyl groups excluding tert-OH is 1. The number of benzene rings is 2. The minimum Gasteiger partial charge on any atom is -0.507 e. The molecule has 1 fully saturated rings. The molecule has 1 unspecified atom stereocenters. The van der Waals surface area contributed by atoms with E-state index in [0.717, 1.165) is 22.6 Å². The maximum absolute atomic E-state index is 13.3. The lowest BCUT2D eigenvalue weighted by atomic mass is 9.95. The summed E-state index contributed by atoms with van der Waals surface area (Å²) in [6.45, 7) is 5.28. The maximum atomic E-state index is 13.3. The number of aliphatic hydroxyl groups is 1. The van der Waals surface area contributed by atoms with Crippen molar-refractivity contribution in [3.05, 3.63) is 93.9 Å². The van der Waals surface area contributed by atoms with E-state index in [9.17, 15) is 27.9 Å². The fourth-order valence-electron chi connectivity index (χ4n) is 4.47. The van der Waals surface area contributed by atoms with Gasteiger partial charge in [-0.15, -0.1) is 0 Å². The Balaban J connectivity index is 1.84. The van der Waals surface area contributed by atoms with Gasteiger partial charge in [-0.05, 0) is 66.4 Å². The number of ether oxygens (including phenoxy) is 1. The summed E-state index contributed by atoms with van der Waals surface area (Å²) >= 11 is 0. The summed E-state index contributed by atoms with van der Waals surface area (Å²) < 4.78 is 50.9. The Hall–Kier alpha value is -4.01. The molecule has 4 rings (SSSR count). The third-order valence-electron chi connectivity index (χ3n) is 6.30. The highest BCUT2D eigenvalue weighted by Gasteiger charge is 2.47. The molecule has 0 aliphatic carbocycles. The maximum Gasteiger partial charge on any atom is 0.416 e. The van der Waals surface area contributed by atoms with Gasteiger partial charge in [-0.2, -0.15) is 13.2 Å². The van der Waals surface area contributed by atoms with Crippen LogP contribution in [0.15, 0.2) is 64.6 Å². The number of hydrogen-bond donors (Lipinski definition) is 1. The van der Waals surface area contributed by atoms with Crippen LogP contribution in [0.1, 0.15) is 59.6 Å². The molecule has 1 saturated heterocycles. The molecule has 1 aliphatic rings. The van der Waals surface area contributed by atoms with Crippen LogP contribution >= 0.6 is 0 Å². The largest absolute Gasteiger partial charge is 0.507 e. The number of furan rings is 1. The van der Waals surface area contributed by atoms with Crippen molar-refractivity contribution < 1.29 is 37.0 Å². The number of likely N-dealkylation sites (tertiary alicyclic amines) is 1. The summed E-state index contributed by atoms with van der Waals surface area (Å²) in [7, 11) is 1.53. The predicted molar refractivity (Wildman–Crippen MR) is 130 cm³/mol. The van der Waals surface area contributed by atoms with Crippen LogP contribution in [0.5, 0.6) is 5.75 Å². The van der Waals surface area contributed by atoms with Crippen molar-refractivity contribution in [2.45, 2.75) is 45.5 Å². The Kier molecular flexibility index (Phi) is 6.90. The summed E-state index contributed by atoms with van der Waals surface area (Å²) in [6.07, 6.45) is -4.57. The summed E-state index contributed by atoms with van der Waals surface area (Å²) in [5.41, 5.74) is 0.194. The van der Waals surface area contributed by atoms with Crippen molar-refractivity contribution in [2.24, 2.45) is 0 Å². The van der Waals surface area contributed by atoms with Crippen molar-refractivity contribution in [1.82, 2.24) is 4.90 Å². The molecular weight excluding hydrogens is 487 g/mol. The Morgan fingerprint density at radius 3 is 2.43 bits per heavy atom. The number of carbonyl (C=O) groups excluding carboxylic acids is 2. The third kappa shape index (κ3) is 4.98. The average molecular weight is 514 g/mol. The molecule has 1 amide bonds. The van der Waals surface area contributed by atoms with Gasteiger partial charge in [-0.25, -0.2) is 0 Å². The van der Waals surface area contributed by atoms with Gasteiger partial charge < -0.3 is 19.2 Å². The van der Waals surface area contributed by atoms with Gasteiger partial charge in [0.2, 0.25) is 0 Å². The number of halogens is 3. The van der Waals surface area contributed by atoms with E-state index in [1.807, 2.05) is 13.8 Å². The number of carbonyl (C=O) groups is 2. The number of aryl methyl sites for hydroxylation is 1. The monoisotopic (exact) mass is 513 g/mol. The van der Waals surface area contributed by atoms with E-state index < -0.39 is 35.2 Å². The lowest BCUT2D eigenvalue weighted by Crippen LogP contribution is -2.29. The Morgan fingerprint density at radius 1 is 1.11 bits per heavy atom. The van der Waals surface area contributed by atoms with E-state index >= 15 is 0 Å². The molecule has 1 atom stereocenters. The zero-order chi connectivity index (χ0) is 27.1. The van der Waals surface area contributed by atoms with Gasteiger partial charge in [-0.3, -0.25) is 9.59 Å². The van der Waals surface area contributed by atoms with E-state index in [-0.39, 0.29) is 29.4 Å². The van der Waals surface area contributed by atoms with E-state index in [4.69, 9.17) is 9.15 Å². The SMILES string of the molecule is COc1ccc(/C(O)=C2/C(=O)C(=O)N(Cc3cccc(C(F)(F)F)c3)C2c2ccc(C)o2)cc1C(C)C. The molecule has 1 aromatic heterocycles. The van der Waals surface area contributed by atoms with Crippen molar-refractivity contribution in [3.63, 3.8) is 0 Å². The molecule has 194 valence electrons. The van der Waals surface area contributed by atoms with Crippen LogP contribution in [0.2, 0.25) is 0 Å². The highest BCUT2D eigenvalue weighted by Crippen LogP contribution is 2.42. The van der Waals surface area contributed by atoms with Crippen LogP contribution in [-0.4, -0.2) is 28.8 Å². The van der Waals surface area contributed by atoms with Crippen molar-refractivity contribution in [1.29, 1.82) is 0 Å². The molecule has 1 aliphatic heterocycles. The standard InChI is InChI=1S/C28H26F3NO5/c1-15(2)20-13-18(9-11-21(20)36-4)25(33)23-24(22-10-8-16(3)37-22)32(27(35)26(23)34)14-17-6-5-7-19(12-17)28(29,30)31/h5-13,15,24,33H,14H2,1-4H3/b25-23-.